The van der Waals surface area contributed by atoms with Crippen LogP contribution in [-0.4, -0.2) is 39.1 Å². The third-order valence-electron chi connectivity index (χ3n) is 3.84. The second-order valence-corrected chi connectivity index (χ2v) is 6.49. The van der Waals surface area contributed by atoms with Crippen LogP contribution in [0.15, 0.2) is 30.3 Å². The van der Waals surface area contributed by atoms with Crippen molar-refractivity contribution >= 4 is 23.4 Å². The van der Waals surface area contributed by atoms with Crippen LogP contribution < -0.4 is 5.32 Å². The van der Waals surface area contributed by atoms with Crippen molar-refractivity contribution in [3.63, 3.8) is 0 Å². The predicted octanol–water partition coefficient (Wildman–Crippen LogP) is 2.33. The lowest BCUT2D eigenvalue weighted by atomic mass is 10.2. The zero-order valence-electron chi connectivity index (χ0n) is 13.6. The summed E-state index contributed by atoms with van der Waals surface area (Å²) in [6.07, 6.45) is 0. The number of hydrogen-bond donors (Lipinski definition) is 1. The number of hydrogen-bond acceptors (Lipinski definition) is 3. The number of carbonyl (C=O) groups excluding carboxylic acids is 2. The monoisotopic (exact) mass is 346 g/mol. The molecule has 1 aliphatic rings. The number of aromatic nitrogens is 2. The minimum absolute atomic E-state index is 0.0173. The summed E-state index contributed by atoms with van der Waals surface area (Å²) in [5.74, 6) is -0.408. The molecular weight excluding hydrogens is 328 g/mol. The molecule has 7 heteroatoms. The lowest BCUT2D eigenvalue weighted by molar-refractivity contribution is 0.0683. The van der Waals surface area contributed by atoms with Gasteiger partial charge in [0.1, 0.15) is 5.69 Å². The molecule has 0 saturated carbocycles. The van der Waals surface area contributed by atoms with Crippen LogP contribution in [0.5, 0.6) is 0 Å². The Kier molecular flexibility index (Phi) is 4.57. The Hall–Kier alpha value is -2.34. The van der Waals surface area contributed by atoms with E-state index in [9.17, 15) is 9.59 Å². The van der Waals surface area contributed by atoms with Gasteiger partial charge in [0.2, 0.25) is 0 Å². The molecule has 2 amide bonds. The second-order valence-electron chi connectivity index (χ2n) is 6.08. The topological polar surface area (TPSA) is 67.2 Å². The van der Waals surface area contributed by atoms with Crippen LogP contribution >= 0.6 is 11.6 Å². The fraction of sp³-hybridized carbons (Fsp3) is 0.353. The Morgan fingerprint density at radius 1 is 1.33 bits per heavy atom. The third-order valence-corrected chi connectivity index (χ3v) is 4.21. The van der Waals surface area contributed by atoms with E-state index in [0.29, 0.717) is 30.4 Å². The van der Waals surface area contributed by atoms with E-state index in [0.717, 1.165) is 5.56 Å². The molecule has 0 saturated heterocycles. The molecule has 2 heterocycles. The molecule has 24 heavy (non-hydrogen) atoms. The van der Waals surface area contributed by atoms with Crippen LogP contribution in [0.1, 0.15) is 40.4 Å². The number of benzene rings is 1. The van der Waals surface area contributed by atoms with E-state index >= 15 is 0 Å². The Labute approximate surface area is 145 Å². The molecule has 0 fully saturated rings. The van der Waals surface area contributed by atoms with Crippen LogP contribution in [0.4, 0.5) is 0 Å². The minimum Gasteiger partial charge on any atom is -0.348 e. The molecule has 6 nitrogen and oxygen atoms in total. The van der Waals surface area contributed by atoms with Gasteiger partial charge in [0.05, 0.1) is 6.54 Å². The van der Waals surface area contributed by atoms with E-state index < -0.39 is 0 Å². The Morgan fingerprint density at radius 2 is 2.08 bits per heavy atom. The van der Waals surface area contributed by atoms with Gasteiger partial charge in [-0.1, -0.05) is 29.8 Å². The summed E-state index contributed by atoms with van der Waals surface area (Å²) in [4.78, 5) is 26.5. The molecule has 1 N–H and O–H groups in total. The van der Waals surface area contributed by atoms with Gasteiger partial charge in [-0.3, -0.25) is 14.3 Å². The van der Waals surface area contributed by atoms with Crippen molar-refractivity contribution in [3.8, 4) is 0 Å². The summed E-state index contributed by atoms with van der Waals surface area (Å²) in [6, 6.07) is 9.04. The van der Waals surface area contributed by atoms with Crippen LogP contribution in [-0.2, 0) is 13.1 Å². The number of halogens is 1. The first-order valence-corrected chi connectivity index (χ1v) is 8.25. The van der Waals surface area contributed by atoms with Crippen molar-refractivity contribution in [1.82, 2.24) is 20.0 Å². The molecule has 0 unspecified atom stereocenters. The first-order chi connectivity index (χ1) is 11.5. The Morgan fingerprint density at radius 3 is 2.79 bits per heavy atom. The first kappa shape index (κ1) is 16.5. The number of amides is 2. The highest BCUT2D eigenvalue weighted by Gasteiger charge is 2.28. The van der Waals surface area contributed by atoms with Crippen molar-refractivity contribution in [2.75, 3.05) is 6.54 Å². The molecule has 1 aliphatic heterocycles. The van der Waals surface area contributed by atoms with Gasteiger partial charge in [0, 0.05) is 30.2 Å². The fourth-order valence-corrected chi connectivity index (χ4v) is 2.86. The molecule has 126 valence electrons. The molecule has 1 aromatic heterocycles. The average molecular weight is 347 g/mol. The van der Waals surface area contributed by atoms with Gasteiger partial charge in [-0.2, -0.15) is 5.10 Å². The second kappa shape index (κ2) is 6.65. The largest absolute Gasteiger partial charge is 0.348 e. The van der Waals surface area contributed by atoms with Crippen molar-refractivity contribution in [2.45, 2.75) is 33.0 Å². The normalized spacial score (nSPS) is 14.0. The van der Waals surface area contributed by atoms with Gasteiger partial charge in [0.15, 0.2) is 5.69 Å². The van der Waals surface area contributed by atoms with Gasteiger partial charge in [0.25, 0.3) is 11.8 Å². The van der Waals surface area contributed by atoms with Crippen LogP contribution in [0.25, 0.3) is 0 Å². The Balaban J connectivity index is 1.79. The lowest BCUT2D eigenvalue weighted by Gasteiger charge is -2.27. The highest BCUT2D eigenvalue weighted by atomic mass is 35.5. The quantitative estimate of drug-likeness (QED) is 0.924. The Bertz CT molecular complexity index is 785. The van der Waals surface area contributed by atoms with E-state index in [1.165, 1.54) is 0 Å². The number of nitrogens with zero attached hydrogens (tertiary/aromatic N) is 3. The summed E-state index contributed by atoms with van der Waals surface area (Å²) in [5, 5.41) is 7.67. The number of carbonyl (C=O) groups is 2. The van der Waals surface area contributed by atoms with Gasteiger partial charge in [-0.05, 0) is 25.5 Å². The van der Waals surface area contributed by atoms with Crippen molar-refractivity contribution in [1.29, 1.82) is 0 Å². The van der Waals surface area contributed by atoms with Crippen LogP contribution in [0, 0.1) is 0 Å². The summed E-state index contributed by atoms with van der Waals surface area (Å²) >= 11 is 6.18. The molecular formula is C17H19ClN4O2. The molecule has 3 rings (SSSR count). The van der Waals surface area contributed by atoms with E-state index in [1.54, 1.807) is 15.6 Å². The zero-order valence-corrected chi connectivity index (χ0v) is 14.4. The SMILES string of the molecule is CC(C)NC(=O)c1cc2n(n1)CCN(Cc1ccccc1Cl)C2=O. The average Bonchev–Trinajstić information content (AvgIpc) is 2.97. The molecule has 0 radical (unpaired) electrons. The van der Waals surface area contributed by atoms with Gasteiger partial charge >= 0.3 is 0 Å². The van der Waals surface area contributed by atoms with Crippen molar-refractivity contribution in [3.05, 3.63) is 52.3 Å². The number of fused-ring (bicyclic) bond motifs is 1. The van der Waals surface area contributed by atoms with E-state index in [2.05, 4.69) is 10.4 Å². The smallest absolute Gasteiger partial charge is 0.272 e. The molecule has 1 aromatic carbocycles. The van der Waals surface area contributed by atoms with Crippen LogP contribution in [0.2, 0.25) is 5.02 Å². The minimum atomic E-state index is -0.266. The fourth-order valence-electron chi connectivity index (χ4n) is 2.67. The van der Waals surface area contributed by atoms with Gasteiger partial charge < -0.3 is 10.2 Å². The molecule has 0 aliphatic carbocycles. The number of rotatable bonds is 4. The summed E-state index contributed by atoms with van der Waals surface area (Å²) < 4.78 is 1.60. The molecule has 0 bridgehead atoms. The first-order valence-electron chi connectivity index (χ1n) is 7.87. The summed E-state index contributed by atoms with van der Waals surface area (Å²) in [7, 11) is 0. The molecule has 0 atom stereocenters. The number of nitrogens with one attached hydrogen (secondary N) is 1. The maximum atomic E-state index is 12.7. The van der Waals surface area contributed by atoms with Crippen LogP contribution in [0.3, 0.4) is 0 Å². The van der Waals surface area contributed by atoms with E-state index in [1.807, 2.05) is 38.1 Å². The molecule has 0 spiro atoms. The van der Waals surface area contributed by atoms with E-state index in [4.69, 9.17) is 11.6 Å². The highest BCUT2D eigenvalue weighted by molar-refractivity contribution is 6.31. The van der Waals surface area contributed by atoms with E-state index in [-0.39, 0.29) is 23.6 Å². The molecule has 2 aromatic rings. The lowest BCUT2D eigenvalue weighted by Crippen LogP contribution is -2.39. The summed E-state index contributed by atoms with van der Waals surface area (Å²) in [5.41, 5.74) is 1.60. The van der Waals surface area contributed by atoms with Crippen molar-refractivity contribution < 1.29 is 9.59 Å². The maximum absolute atomic E-state index is 12.7. The van der Waals surface area contributed by atoms with Gasteiger partial charge in [-0.15, -0.1) is 0 Å². The van der Waals surface area contributed by atoms with Gasteiger partial charge in [-0.25, -0.2) is 0 Å². The highest BCUT2D eigenvalue weighted by Crippen LogP contribution is 2.21. The zero-order chi connectivity index (χ0) is 17.3. The third kappa shape index (κ3) is 3.28. The summed E-state index contributed by atoms with van der Waals surface area (Å²) in [6.45, 7) is 5.29. The van der Waals surface area contributed by atoms with Crippen molar-refractivity contribution in [2.24, 2.45) is 0 Å². The standard InChI is InChI=1S/C17H19ClN4O2/c1-11(2)19-16(23)14-9-15-17(24)21(7-8-22(15)20-14)10-12-5-3-4-6-13(12)18/h3-6,9,11H,7-8,10H2,1-2H3,(H,19,23). The predicted molar refractivity (Wildman–Crippen MR) is 91.0 cm³/mol. The maximum Gasteiger partial charge on any atom is 0.272 e.